The van der Waals surface area contributed by atoms with Gasteiger partial charge in [-0.25, -0.2) is 0 Å². The summed E-state index contributed by atoms with van der Waals surface area (Å²) in [5.74, 6) is 0.286. The second-order valence-electron chi connectivity index (χ2n) is 4.36. The third-order valence-electron chi connectivity index (χ3n) is 2.74. The van der Waals surface area contributed by atoms with E-state index in [1.165, 1.54) is 0 Å². The van der Waals surface area contributed by atoms with Crippen molar-refractivity contribution >= 4 is 17.5 Å². The number of aromatic nitrogens is 3. The Labute approximate surface area is 128 Å². The van der Waals surface area contributed by atoms with Crippen LogP contribution in [-0.2, 0) is 6.42 Å². The van der Waals surface area contributed by atoms with Gasteiger partial charge in [0, 0.05) is 0 Å². The molecule has 21 heavy (non-hydrogen) atoms. The van der Waals surface area contributed by atoms with E-state index in [0.717, 1.165) is 5.56 Å². The fraction of sp³-hybridized carbons (Fsp3) is 0.357. The average molecular weight is 309 g/mol. The maximum atomic E-state index is 9.49. The largest absolute Gasteiger partial charge is 0.464 e. The molecule has 0 bridgehead atoms. The van der Waals surface area contributed by atoms with Gasteiger partial charge >= 0.3 is 6.01 Å². The van der Waals surface area contributed by atoms with Crippen molar-refractivity contribution in [1.82, 2.24) is 15.0 Å². The number of aliphatic hydroxyl groups excluding tert-OH is 1. The minimum Gasteiger partial charge on any atom is -0.464 e. The molecule has 0 spiro atoms. The van der Waals surface area contributed by atoms with Crippen LogP contribution in [-0.4, -0.2) is 39.3 Å². The minimum atomic E-state index is -0.222. The van der Waals surface area contributed by atoms with Gasteiger partial charge in [-0.1, -0.05) is 30.3 Å². The van der Waals surface area contributed by atoms with E-state index in [2.05, 4.69) is 20.3 Å². The normalized spacial score (nSPS) is 12.0. The summed E-state index contributed by atoms with van der Waals surface area (Å²) in [6.45, 7) is 2.21. The summed E-state index contributed by atoms with van der Waals surface area (Å²) in [6, 6.07) is 9.79. The van der Waals surface area contributed by atoms with Crippen LogP contribution < -0.4 is 10.1 Å². The molecule has 1 heterocycles. The number of anilines is 1. The van der Waals surface area contributed by atoms with Gasteiger partial charge in [0.15, 0.2) is 0 Å². The van der Waals surface area contributed by atoms with E-state index < -0.39 is 0 Å². The van der Waals surface area contributed by atoms with Crippen LogP contribution in [0.4, 0.5) is 5.95 Å². The van der Waals surface area contributed by atoms with Crippen molar-refractivity contribution in [1.29, 1.82) is 0 Å². The highest BCUT2D eigenvalue weighted by molar-refractivity contribution is 6.28. The molecule has 2 aromatic rings. The Morgan fingerprint density at radius 3 is 2.67 bits per heavy atom. The Hall–Kier alpha value is -1.92. The first-order chi connectivity index (χ1) is 10.2. The van der Waals surface area contributed by atoms with Crippen LogP contribution >= 0.6 is 11.6 Å². The van der Waals surface area contributed by atoms with Gasteiger partial charge in [0.25, 0.3) is 0 Å². The molecule has 0 aliphatic carbocycles. The number of nitrogens with one attached hydrogen (secondary N) is 1. The number of nitrogens with zero attached hydrogens (tertiary/aromatic N) is 3. The van der Waals surface area contributed by atoms with E-state index in [9.17, 15) is 5.11 Å². The standard InChI is InChI=1S/C14H17ClN4O2/c1-2-21-14-18-12(15)17-13(19-14)16-11(9-20)8-10-6-4-3-5-7-10/h3-7,11,20H,2,8-9H2,1H3,(H,16,17,18,19). The number of benzene rings is 1. The second-order valence-corrected chi connectivity index (χ2v) is 4.70. The van der Waals surface area contributed by atoms with Gasteiger partial charge in [0.1, 0.15) is 0 Å². The molecule has 0 fully saturated rings. The van der Waals surface area contributed by atoms with Gasteiger partial charge in [0.05, 0.1) is 19.3 Å². The summed E-state index contributed by atoms with van der Waals surface area (Å²) in [7, 11) is 0. The maximum Gasteiger partial charge on any atom is 0.322 e. The zero-order valence-corrected chi connectivity index (χ0v) is 12.4. The topological polar surface area (TPSA) is 80.2 Å². The third-order valence-corrected chi connectivity index (χ3v) is 2.91. The molecule has 2 N–H and O–H groups in total. The van der Waals surface area contributed by atoms with Crippen molar-refractivity contribution < 1.29 is 9.84 Å². The van der Waals surface area contributed by atoms with Gasteiger partial charge < -0.3 is 15.2 Å². The Balaban J connectivity index is 2.07. The number of ether oxygens (including phenoxy) is 1. The SMILES string of the molecule is CCOc1nc(Cl)nc(NC(CO)Cc2ccccc2)n1. The summed E-state index contributed by atoms with van der Waals surface area (Å²) >= 11 is 5.83. The number of hydrogen-bond donors (Lipinski definition) is 2. The van der Waals surface area contributed by atoms with Crippen molar-refractivity contribution in [3.8, 4) is 6.01 Å². The predicted molar refractivity (Wildman–Crippen MR) is 80.6 cm³/mol. The molecule has 7 heteroatoms. The zero-order valence-electron chi connectivity index (χ0n) is 11.7. The van der Waals surface area contributed by atoms with Gasteiger partial charge in [-0.2, -0.15) is 15.0 Å². The molecule has 112 valence electrons. The van der Waals surface area contributed by atoms with Gasteiger partial charge in [0.2, 0.25) is 11.2 Å². The Morgan fingerprint density at radius 1 is 1.24 bits per heavy atom. The van der Waals surface area contributed by atoms with Gasteiger partial charge in [-0.15, -0.1) is 0 Å². The lowest BCUT2D eigenvalue weighted by Gasteiger charge is -2.16. The van der Waals surface area contributed by atoms with Gasteiger partial charge in [-0.3, -0.25) is 0 Å². The van der Waals surface area contributed by atoms with E-state index in [0.29, 0.717) is 13.0 Å². The highest BCUT2D eigenvalue weighted by Gasteiger charge is 2.12. The van der Waals surface area contributed by atoms with Crippen LogP contribution in [0.3, 0.4) is 0 Å². The fourth-order valence-corrected chi connectivity index (χ4v) is 1.98. The molecule has 0 aliphatic rings. The summed E-state index contributed by atoms with van der Waals surface area (Å²) in [6.07, 6.45) is 0.643. The van der Waals surface area contributed by atoms with Crippen LogP contribution in [0.2, 0.25) is 5.28 Å². The Bertz CT molecular complexity index is 568. The van der Waals surface area contributed by atoms with Crippen molar-refractivity contribution in [2.24, 2.45) is 0 Å². The number of aliphatic hydroxyl groups is 1. The number of hydrogen-bond acceptors (Lipinski definition) is 6. The average Bonchev–Trinajstić information content (AvgIpc) is 2.47. The summed E-state index contributed by atoms with van der Waals surface area (Å²) in [4.78, 5) is 11.9. The number of halogens is 1. The van der Waals surface area contributed by atoms with Crippen molar-refractivity contribution in [2.45, 2.75) is 19.4 Å². The molecule has 0 radical (unpaired) electrons. The monoisotopic (exact) mass is 308 g/mol. The van der Waals surface area contributed by atoms with Crippen LogP contribution in [0.1, 0.15) is 12.5 Å². The van der Waals surface area contributed by atoms with Crippen LogP contribution in [0.25, 0.3) is 0 Å². The maximum absolute atomic E-state index is 9.49. The van der Waals surface area contributed by atoms with Gasteiger partial charge in [-0.05, 0) is 30.5 Å². The molecule has 1 aromatic heterocycles. The molecular formula is C14H17ClN4O2. The molecule has 1 aromatic carbocycles. The second kappa shape index (κ2) is 7.75. The molecule has 0 saturated heterocycles. The summed E-state index contributed by atoms with van der Waals surface area (Å²) in [5, 5.41) is 12.6. The number of rotatable bonds is 7. The zero-order chi connectivity index (χ0) is 15.1. The van der Waals surface area contributed by atoms with E-state index in [4.69, 9.17) is 16.3 Å². The van der Waals surface area contributed by atoms with Crippen LogP contribution in [0.15, 0.2) is 30.3 Å². The quantitative estimate of drug-likeness (QED) is 0.813. The van der Waals surface area contributed by atoms with Crippen molar-refractivity contribution in [3.05, 3.63) is 41.2 Å². The highest BCUT2D eigenvalue weighted by Crippen LogP contribution is 2.13. The lowest BCUT2D eigenvalue weighted by molar-refractivity contribution is 0.272. The molecule has 6 nitrogen and oxygen atoms in total. The summed E-state index contributed by atoms with van der Waals surface area (Å²) < 4.78 is 5.21. The van der Waals surface area contributed by atoms with Crippen LogP contribution in [0, 0.1) is 0 Å². The molecule has 0 aliphatic heterocycles. The van der Waals surface area contributed by atoms with E-state index in [-0.39, 0.29) is 29.9 Å². The molecule has 2 rings (SSSR count). The first kappa shape index (κ1) is 15.5. The molecule has 0 amide bonds. The minimum absolute atomic E-state index is 0.0485. The highest BCUT2D eigenvalue weighted by atomic mass is 35.5. The lowest BCUT2D eigenvalue weighted by atomic mass is 10.1. The lowest BCUT2D eigenvalue weighted by Crippen LogP contribution is -2.27. The van der Waals surface area contributed by atoms with Crippen molar-refractivity contribution in [2.75, 3.05) is 18.5 Å². The third kappa shape index (κ3) is 4.84. The van der Waals surface area contributed by atoms with Crippen molar-refractivity contribution in [3.63, 3.8) is 0 Å². The predicted octanol–water partition coefficient (Wildman–Crippen LogP) is 1.94. The smallest absolute Gasteiger partial charge is 0.322 e. The first-order valence-corrected chi connectivity index (χ1v) is 7.04. The molecule has 0 saturated carbocycles. The van der Waals surface area contributed by atoms with E-state index in [1.807, 2.05) is 37.3 Å². The van der Waals surface area contributed by atoms with Crippen LogP contribution in [0.5, 0.6) is 6.01 Å². The Morgan fingerprint density at radius 2 is 2.00 bits per heavy atom. The summed E-state index contributed by atoms with van der Waals surface area (Å²) in [5.41, 5.74) is 1.11. The molecule has 1 atom stereocenters. The first-order valence-electron chi connectivity index (χ1n) is 6.67. The molecule has 1 unspecified atom stereocenters. The van der Waals surface area contributed by atoms with E-state index >= 15 is 0 Å². The Kier molecular flexibility index (Phi) is 5.71. The fourth-order valence-electron chi connectivity index (χ4n) is 1.83. The molecular weight excluding hydrogens is 292 g/mol. The van der Waals surface area contributed by atoms with E-state index in [1.54, 1.807) is 0 Å².